The number of rotatable bonds is 39. The molecule has 454 valence electrons. The summed E-state index contributed by atoms with van der Waals surface area (Å²) in [6.45, 7) is 12.1. The molecule has 0 aliphatic heterocycles. The van der Waals surface area contributed by atoms with Crippen LogP contribution in [0, 0.1) is 5.92 Å². The standard InChI is InChI=1S/C59H74O24/c1-38(2)56(69)75-29-26-72-50(63)20-23-53(66)81-35-44(60)32-78-47-14-8-41(9-15-47)59(7,42-10-16-48(17-11-42)79-33-45(61)36-82-54(67)24-21-51(64)73-27-30-76-57(70)39(3)4)43-12-18-49(19-13-43)80-34-46(62)37-83-55(68)25-22-52(65)74-28-31-77-58(71)40(5)6/h8-19,40,44-46,60-62H,1,3,20-37H2,2,4-7H3. The van der Waals surface area contributed by atoms with Crippen LogP contribution in [0.5, 0.6) is 17.2 Å². The van der Waals surface area contributed by atoms with Crippen LogP contribution in [0.3, 0.4) is 0 Å². The van der Waals surface area contributed by atoms with Gasteiger partial charge in [0.25, 0.3) is 0 Å². The van der Waals surface area contributed by atoms with Gasteiger partial charge in [0.05, 0.1) is 44.4 Å². The molecule has 24 nitrogen and oxygen atoms in total. The Labute approximate surface area is 480 Å². The molecule has 0 saturated heterocycles. The molecule has 0 amide bonds. The summed E-state index contributed by atoms with van der Waals surface area (Å²) in [6, 6.07) is 21.1. The predicted molar refractivity (Wildman–Crippen MR) is 290 cm³/mol. The third-order valence-electron chi connectivity index (χ3n) is 11.5. The Bertz CT molecular complexity index is 2490. The van der Waals surface area contributed by atoms with Crippen LogP contribution in [-0.4, -0.2) is 167 Å². The van der Waals surface area contributed by atoms with E-state index in [4.69, 9.17) is 56.8 Å². The zero-order chi connectivity index (χ0) is 61.3. The Morgan fingerprint density at radius 1 is 0.386 bits per heavy atom. The Morgan fingerprint density at radius 2 is 0.627 bits per heavy atom. The van der Waals surface area contributed by atoms with Crippen LogP contribution >= 0.6 is 0 Å². The fraction of sp³-hybridized carbons (Fsp3) is 0.475. The summed E-state index contributed by atoms with van der Waals surface area (Å²) in [6.07, 6.45) is -5.46. The molecular weight excluding hydrogens is 1090 g/mol. The normalized spacial score (nSPS) is 12.6. The molecule has 83 heavy (non-hydrogen) atoms. The first kappa shape index (κ1) is 68.9. The second-order valence-corrected chi connectivity index (χ2v) is 19.0. The van der Waals surface area contributed by atoms with Gasteiger partial charge in [0.1, 0.15) is 115 Å². The highest BCUT2D eigenvalue weighted by Gasteiger charge is 2.32. The van der Waals surface area contributed by atoms with Crippen molar-refractivity contribution in [2.24, 2.45) is 5.92 Å². The van der Waals surface area contributed by atoms with Crippen molar-refractivity contribution in [1.29, 1.82) is 0 Å². The lowest BCUT2D eigenvalue weighted by atomic mass is 9.71. The minimum Gasteiger partial charge on any atom is -0.491 e. The molecule has 0 spiro atoms. The van der Waals surface area contributed by atoms with Gasteiger partial charge < -0.3 is 72.2 Å². The van der Waals surface area contributed by atoms with Gasteiger partial charge in [-0.25, -0.2) is 9.59 Å². The number of hydrogen-bond donors (Lipinski definition) is 3. The zero-order valence-electron chi connectivity index (χ0n) is 47.3. The van der Waals surface area contributed by atoms with Gasteiger partial charge in [0.2, 0.25) is 0 Å². The zero-order valence-corrected chi connectivity index (χ0v) is 47.3. The summed E-state index contributed by atoms with van der Waals surface area (Å²) in [4.78, 5) is 107. The van der Waals surface area contributed by atoms with Crippen molar-refractivity contribution < 1.29 is 115 Å². The van der Waals surface area contributed by atoms with Crippen LogP contribution < -0.4 is 14.2 Å². The van der Waals surface area contributed by atoms with Gasteiger partial charge in [-0.15, -0.1) is 0 Å². The van der Waals surface area contributed by atoms with E-state index in [2.05, 4.69) is 13.2 Å². The first-order chi connectivity index (χ1) is 39.5. The van der Waals surface area contributed by atoms with Gasteiger partial charge in [-0.05, 0) is 73.9 Å². The number of aliphatic hydroxyl groups excluding tert-OH is 3. The van der Waals surface area contributed by atoms with Crippen molar-refractivity contribution in [3.63, 3.8) is 0 Å². The van der Waals surface area contributed by atoms with Crippen molar-refractivity contribution >= 4 is 53.7 Å². The van der Waals surface area contributed by atoms with E-state index in [0.717, 1.165) is 16.7 Å². The van der Waals surface area contributed by atoms with Crippen molar-refractivity contribution in [1.82, 2.24) is 0 Å². The fourth-order valence-electron chi connectivity index (χ4n) is 6.78. The van der Waals surface area contributed by atoms with Gasteiger partial charge in [0, 0.05) is 16.6 Å². The smallest absolute Gasteiger partial charge is 0.333 e. The molecule has 0 bridgehead atoms. The van der Waals surface area contributed by atoms with Gasteiger partial charge in [-0.1, -0.05) is 63.4 Å². The Morgan fingerprint density at radius 3 is 0.880 bits per heavy atom. The Hall–Kier alpha value is -8.35. The topological polar surface area (TPSA) is 325 Å². The SMILES string of the molecule is C=C(C)C(=O)OCCOC(=O)CCC(=O)OCC(O)COc1ccc(C(C)(c2ccc(OCC(O)COC(=O)CCC(=O)OCCOC(=O)C(=C)C)cc2)c2ccc(OCC(O)COC(=O)CCC(=O)OCCOC(=O)C(C)C)cc2)cc1. The number of carbonyl (C=O) groups is 9. The maximum absolute atomic E-state index is 12.2. The lowest BCUT2D eigenvalue weighted by Gasteiger charge is -2.32. The molecule has 0 radical (unpaired) electrons. The average molecular weight is 1170 g/mol. The molecule has 0 fully saturated rings. The molecule has 0 aromatic heterocycles. The largest absolute Gasteiger partial charge is 0.491 e. The molecule has 3 N–H and O–H groups in total. The number of esters is 9. The predicted octanol–water partition coefficient (Wildman–Crippen LogP) is 4.30. The highest BCUT2D eigenvalue weighted by molar-refractivity contribution is 5.87. The second-order valence-electron chi connectivity index (χ2n) is 19.0. The quantitative estimate of drug-likeness (QED) is 0.0236. The first-order valence-electron chi connectivity index (χ1n) is 26.5. The monoisotopic (exact) mass is 1170 g/mol. The Kier molecular flexibility index (Phi) is 30.6. The maximum Gasteiger partial charge on any atom is 0.333 e. The van der Waals surface area contributed by atoms with Crippen LogP contribution in [0.25, 0.3) is 0 Å². The van der Waals surface area contributed by atoms with Crippen LogP contribution in [0.1, 0.15) is 89.8 Å². The van der Waals surface area contributed by atoms with Crippen molar-refractivity contribution in [2.75, 3.05) is 79.3 Å². The summed E-state index contributed by atoms with van der Waals surface area (Å²) >= 11 is 0. The third kappa shape index (κ3) is 27.3. The summed E-state index contributed by atoms with van der Waals surface area (Å²) in [5.41, 5.74) is 1.84. The first-order valence-corrected chi connectivity index (χ1v) is 26.5. The molecule has 0 aliphatic rings. The lowest BCUT2D eigenvalue weighted by Crippen LogP contribution is -2.27. The van der Waals surface area contributed by atoms with E-state index in [1.54, 1.807) is 50.2 Å². The lowest BCUT2D eigenvalue weighted by molar-refractivity contribution is -0.156. The van der Waals surface area contributed by atoms with E-state index in [1.165, 1.54) is 13.8 Å². The molecule has 3 unspecified atom stereocenters. The summed E-state index contributed by atoms with van der Waals surface area (Å²) in [7, 11) is 0. The van der Waals surface area contributed by atoms with Gasteiger partial charge in [-0.3, -0.25) is 33.6 Å². The van der Waals surface area contributed by atoms with Crippen molar-refractivity contribution in [2.45, 2.75) is 96.9 Å². The fourth-order valence-corrected chi connectivity index (χ4v) is 6.78. The minimum atomic E-state index is -1.22. The Balaban J connectivity index is 1.61. The molecule has 3 aromatic rings. The van der Waals surface area contributed by atoms with Crippen molar-refractivity contribution in [3.05, 3.63) is 114 Å². The summed E-state index contributed by atoms with van der Waals surface area (Å²) in [5, 5.41) is 31.6. The molecule has 0 saturated carbocycles. The number of ether oxygens (including phenoxy) is 12. The van der Waals surface area contributed by atoms with Crippen LogP contribution in [0.15, 0.2) is 97.1 Å². The molecule has 24 heteroatoms. The second kappa shape index (κ2) is 36.9. The number of carbonyl (C=O) groups excluding carboxylic acids is 9. The maximum atomic E-state index is 12.2. The average Bonchev–Trinajstić information content (AvgIpc) is 3.63. The molecule has 0 heterocycles. The van der Waals surface area contributed by atoms with E-state index >= 15 is 0 Å². The molecule has 3 atom stereocenters. The van der Waals surface area contributed by atoms with E-state index in [0.29, 0.717) is 17.2 Å². The molecule has 3 rings (SSSR count). The van der Waals surface area contributed by atoms with E-state index in [-0.39, 0.29) is 115 Å². The minimum absolute atomic E-state index is 0.113. The van der Waals surface area contributed by atoms with Crippen LogP contribution in [-0.2, 0) is 91.2 Å². The highest BCUT2D eigenvalue weighted by atomic mass is 16.6. The number of benzene rings is 3. The van der Waals surface area contributed by atoms with E-state index in [1.807, 2.05) is 43.3 Å². The number of hydrogen-bond acceptors (Lipinski definition) is 24. The highest BCUT2D eigenvalue weighted by Crippen LogP contribution is 2.40. The third-order valence-corrected chi connectivity index (χ3v) is 11.5. The summed E-state index contributed by atoms with van der Waals surface area (Å²) in [5.74, 6) is -5.24. The molecular formula is C59H74O24. The summed E-state index contributed by atoms with van der Waals surface area (Å²) < 4.78 is 62.1. The molecule has 0 aliphatic carbocycles. The van der Waals surface area contributed by atoms with E-state index in [9.17, 15) is 58.5 Å². The van der Waals surface area contributed by atoms with Gasteiger partial charge >= 0.3 is 53.7 Å². The van der Waals surface area contributed by atoms with Crippen LogP contribution in [0.2, 0.25) is 0 Å². The number of aliphatic hydroxyl groups is 3. The van der Waals surface area contributed by atoms with Crippen LogP contribution in [0.4, 0.5) is 0 Å². The molecule has 3 aromatic carbocycles. The van der Waals surface area contributed by atoms with Gasteiger partial charge in [-0.2, -0.15) is 0 Å². The van der Waals surface area contributed by atoms with Crippen molar-refractivity contribution in [3.8, 4) is 17.2 Å². The van der Waals surface area contributed by atoms with E-state index < -0.39 is 97.3 Å². The van der Waals surface area contributed by atoms with Gasteiger partial charge in [0.15, 0.2) is 0 Å².